The summed E-state index contributed by atoms with van der Waals surface area (Å²) in [6.07, 6.45) is 5.08. The second-order valence-electron chi connectivity index (χ2n) is 7.91. The Morgan fingerprint density at radius 1 is 1.15 bits per heavy atom. The van der Waals surface area contributed by atoms with Gasteiger partial charge in [-0.1, -0.05) is 17.7 Å². The molecule has 33 heavy (non-hydrogen) atoms. The van der Waals surface area contributed by atoms with E-state index >= 15 is 0 Å². The Morgan fingerprint density at radius 2 is 1.85 bits per heavy atom. The molecule has 2 aliphatic heterocycles. The number of hydrogen-bond donors (Lipinski definition) is 2. The number of benzene rings is 2. The smallest absolute Gasteiger partial charge is 0.255 e. The van der Waals surface area contributed by atoms with Crippen molar-refractivity contribution < 1.29 is 19.1 Å². The summed E-state index contributed by atoms with van der Waals surface area (Å²) in [5, 5.41) is 15.4. The number of hydrogen-bond acceptors (Lipinski definition) is 5. The lowest BCUT2D eigenvalue weighted by Crippen LogP contribution is -2.51. The molecule has 1 atom stereocenters. The van der Waals surface area contributed by atoms with Gasteiger partial charge in [0.05, 0.1) is 15.2 Å². The van der Waals surface area contributed by atoms with E-state index in [1.165, 1.54) is 6.07 Å². The predicted molar refractivity (Wildman–Crippen MR) is 131 cm³/mol. The highest BCUT2D eigenvalue weighted by Gasteiger charge is 2.45. The maximum absolute atomic E-state index is 13.2. The molecule has 0 aromatic heterocycles. The van der Waals surface area contributed by atoms with Crippen LogP contribution in [0.25, 0.3) is 0 Å². The van der Waals surface area contributed by atoms with E-state index in [4.69, 9.17) is 21.1 Å². The number of halogens is 2. The number of nitriles is 1. The van der Waals surface area contributed by atoms with Gasteiger partial charge in [-0.15, -0.1) is 0 Å². The SMILES string of the molecule is N#CC1(NC(=O)[C@@H]2Cc3ccc(c(I)c3)OC/C=C/COc3ccc(Cl)cc3C(=O)N2)CC1. The first kappa shape index (κ1) is 23.4. The van der Waals surface area contributed by atoms with Crippen LogP contribution in [0.1, 0.15) is 28.8 Å². The van der Waals surface area contributed by atoms with Crippen molar-refractivity contribution in [3.63, 3.8) is 0 Å². The topological polar surface area (TPSA) is 100 Å². The largest absolute Gasteiger partial charge is 0.489 e. The molecule has 7 nitrogen and oxygen atoms in total. The molecule has 1 aliphatic carbocycles. The maximum Gasteiger partial charge on any atom is 0.255 e. The van der Waals surface area contributed by atoms with Gasteiger partial charge in [-0.2, -0.15) is 5.26 Å². The summed E-state index contributed by atoms with van der Waals surface area (Å²) in [6.45, 7) is 0.601. The zero-order chi connectivity index (χ0) is 23.4. The van der Waals surface area contributed by atoms with Crippen LogP contribution in [0.5, 0.6) is 11.5 Å². The van der Waals surface area contributed by atoms with E-state index in [1.54, 1.807) is 18.2 Å². The minimum atomic E-state index is -0.898. The standard InChI is InChI=1S/C24H21ClIN3O4/c25-16-4-6-20-17(13-16)22(30)28-19(23(31)29-24(14-27)7-8-24)12-15-3-5-21(18(26)11-15)33-10-2-1-9-32-20/h1-6,11,13,19H,7-10,12H2,(H,28,30)(H,29,31)/b2-1+/t19-/m0/s1. The normalized spacial score (nSPS) is 20.3. The van der Waals surface area contributed by atoms with Gasteiger partial charge in [0, 0.05) is 11.4 Å². The maximum atomic E-state index is 13.2. The minimum Gasteiger partial charge on any atom is -0.489 e. The average Bonchev–Trinajstić information content (AvgIpc) is 3.56. The van der Waals surface area contributed by atoms with Gasteiger partial charge in [-0.3, -0.25) is 9.59 Å². The van der Waals surface area contributed by atoms with Gasteiger partial charge in [0.15, 0.2) is 0 Å². The van der Waals surface area contributed by atoms with E-state index in [0.717, 1.165) is 14.9 Å². The number of ether oxygens (including phenoxy) is 2. The van der Waals surface area contributed by atoms with E-state index in [0.29, 0.717) is 30.2 Å². The first-order valence-electron chi connectivity index (χ1n) is 10.4. The van der Waals surface area contributed by atoms with Crippen LogP contribution < -0.4 is 20.1 Å². The van der Waals surface area contributed by atoms with Crippen molar-refractivity contribution in [2.75, 3.05) is 13.2 Å². The molecule has 2 amide bonds. The number of carbonyl (C=O) groups is 2. The Hall–Kier alpha value is -2.77. The molecule has 0 saturated heterocycles. The second-order valence-corrected chi connectivity index (χ2v) is 9.51. The predicted octanol–water partition coefficient (Wildman–Crippen LogP) is 3.79. The number of carbonyl (C=O) groups excluding carboxylic acids is 2. The fourth-order valence-electron chi connectivity index (χ4n) is 3.40. The minimum absolute atomic E-state index is 0.225. The molecule has 0 unspecified atom stereocenters. The molecule has 5 rings (SSSR count). The van der Waals surface area contributed by atoms with Gasteiger partial charge in [0.2, 0.25) is 5.91 Å². The summed E-state index contributed by atoms with van der Waals surface area (Å²) < 4.78 is 12.4. The Labute approximate surface area is 210 Å². The molecule has 2 bridgehead atoms. The second kappa shape index (κ2) is 10.0. The number of rotatable bonds is 2. The fourth-order valence-corrected chi connectivity index (χ4v) is 4.31. The van der Waals surface area contributed by atoms with E-state index in [9.17, 15) is 14.9 Å². The van der Waals surface area contributed by atoms with Crippen LogP contribution in [0.15, 0.2) is 48.6 Å². The summed E-state index contributed by atoms with van der Waals surface area (Å²) in [7, 11) is 0. The summed E-state index contributed by atoms with van der Waals surface area (Å²) in [5.74, 6) is 0.178. The molecule has 0 spiro atoms. The molecule has 2 aromatic rings. The van der Waals surface area contributed by atoms with Gasteiger partial charge in [-0.25, -0.2) is 0 Å². The summed E-state index contributed by atoms with van der Waals surface area (Å²) in [6, 6.07) is 11.6. The number of fused-ring (bicyclic) bond motifs is 9. The summed E-state index contributed by atoms with van der Waals surface area (Å²) in [4.78, 5) is 26.3. The first-order valence-corrected chi connectivity index (χ1v) is 11.9. The molecule has 1 saturated carbocycles. The first-order chi connectivity index (χ1) is 15.9. The molecule has 170 valence electrons. The molecule has 9 heteroatoms. The van der Waals surface area contributed by atoms with Crippen LogP contribution in [0.2, 0.25) is 5.02 Å². The lowest BCUT2D eigenvalue weighted by Gasteiger charge is -2.21. The van der Waals surface area contributed by atoms with E-state index < -0.39 is 23.4 Å². The third kappa shape index (κ3) is 5.78. The highest BCUT2D eigenvalue weighted by atomic mass is 127. The Kier molecular flexibility index (Phi) is 7.10. The van der Waals surface area contributed by atoms with Crippen LogP contribution in [0.3, 0.4) is 0 Å². The lowest BCUT2D eigenvalue weighted by atomic mass is 10.0. The van der Waals surface area contributed by atoms with Crippen molar-refractivity contribution in [3.05, 3.63) is 68.3 Å². The molecular weight excluding hydrogens is 557 g/mol. The summed E-state index contributed by atoms with van der Waals surface area (Å²) >= 11 is 8.31. The zero-order valence-corrected chi connectivity index (χ0v) is 20.5. The molecule has 2 aromatic carbocycles. The molecule has 0 radical (unpaired) electrons. The van der Waals surface area contributed by atoms with Crippen LogP contribution in [-0.4, -0.2) is 36.6 Å². The molecule has 2 heterocycles. The Morgan fingerprint density at radius 3 is 2.52 bits per heavy atom. The lowest BCUT2D eigenvalue weighted by molar-refractivity contribution is -0.123. The van der Waals surface area contributed by atoms with Crippen molar-refractivity contribution >= 4 is 46.0 Å². The Balaban J connectivity index is 1.67. The van der Waals surface area contributed by atoms with Crippen molar-refractivity contribution in [2.45, 2.75) is 30.8 Å². The number of amides is 2. The Bertz CT molecular complexity index is 1160. The molecule has 2 N–H and O–H groups in total. The van der Waals surface area contributed by atoms with Gasteiger partial charge >= 0.3 is 0 Å². The van der Waals surface area contributed by atoms with Crippen molar-refractivity contribution in [1.82, 2.24) is 10.6 Å². The van der Waals surface area contributed by atoms with Crippen LogP contribution >= 0.6 is 34.2 Å². The van der Waals surface area contributed by atoms with Gasteiger partial charge in [0.25, 0.3) is 5.91 Å². The molecule has 1 fully saturated rings. The number of nitrogens with zero attached hydrogens (tertiary/aromatic N) is 1. The highest BCUT2D eigenvalue weighted by Crippen LogP contribution is 2.34. The van der Waals surface area contributed by atoms with Crippen molar-refractivity contribution in [3.8, 4) is 17.6 Å². The highest BCUT2D eigenvalue weighted by molar-refractivity contribution is 14.1. The number of nitrogens with one attached hydrogen (secondary N) is 2. The van der Waals surface area contributed by atoms with Crippen LogP contribution in [-0.2, 0) is 11.2 Å². The third-order valence-electron chi connectivity index (χ3n) is 5.41. The quantitative estimate of drug-likeness (QED) is 0.418. The molecular formula is C24H21ClIN3O4. The summed E-state index contributed by atoms with van der Waals surface area (Å²) in [5.41, 5.74) is 0.224. The van der Waals surface area contributed by atoms with Crippen molar-refractivity contribution in [2.24, 2.45) is 0 Å². The van der Waals surface area contributed by atoms with Crippen LogP contribution in [0.4, 0.5) is 0 Å². The van der Waals surface area contributed by atoms with Gasteiger partial charge in [-0.05, 0) is 83.5 Å². The monoisotopic (exact) mass is 577 g/mol. The average molecular weight is 578 g/mol. The van der Waals surface area contributed by atoms with E-state index in [-0.39, 0.29) is 18.6 Å². The van der Waals surface area contributed by atoms with E-state index in [2.05, 4.69) is 39.3 Å². The zero-order valence-electron chi connectivity index (χ0n) is 17.6. The van der Waals surface area contributed by atoms with Gasteiger partial charge < -0.3 is 20.1 Å². The molecule has 3 aliphatic rings. The third-order valence-corrected chi connectivity index (χ3v) is 6.49. The van der Waals surface area contributed by atoms with Crippen LogP contribution in [0, 0.1) is 14.9 Å². The van der Waals surface area contributed by atoms with E-state index in [1.807, 2.05) is 24.3 Å². The fraction of sp³-hybridized carbons (Fsp3) is 0.292. The van der Waals surface area contributed by atoms with Gasteiger partial charge in [0.1, 0.15) is 36.3 Å². The van der Waals surface area contributed by atoms with Crippen molar-refractivity contribution in [1.29, 1.82) is 5.26 Å².